The van der Waals surface area contributed by atoms with E-state index in [1.165, 1.54) is 0 Å². The maximum Gasteiger partial charge on any atom is 0.181 e. The summed E-state index contributed by atoms with van der Waals surface area (Å²) in [6, 6.07) is 0. The Hall–Kier alpha value is -0.660. The highest BCUT2D eigenvalue weighted by Gasteiger charge is 2.42. The van der Waals surface area contributed by atoms with Crippen LogP contribution in [0.15, 0.2) is 0 Å². The summed E-state index contributed by atoms with van der Waals surface area (Å²) in [6.45, 7) is 8.11. The lowest BCUT2D eigenvalue weighted by Crippen LogP contribution is -2.42. The lowest BCUT2D eigenvalue weighted by atomic mass is 9.64. The minimum absolute atomic E-state index is 0.0295. The first kappa shape index (κ1) is 9.43. The van der Waals surface area contributed by atoms with Crippen molar-refractivity contribution in [3.8, 4) is 0 Å². The lowest BCUT2D eigenvalue weighted by molar-refractivity contribution is -0.123. The molecule has 0 amide bonds. The highest BCUT2D eigenvalue weighted by Crippen LogP contribution is 2.41. The van der Waals surface area contributed by atoms with Gasteiger partial charge in [-0.3, -0.25) is 4.79 Å². The van der Waals surface area contributed by atoms with E-state index in [0.29, 0.717) is 12.1 Å². The fourth-order valence-electron chi connectivity index (χ4n) is 2.31. The van der Waals surface area contributed by atoms with Crippen molar-refractivity contribution in [1.29, 1.82) is 5.41 Å². The van der Waals surface area contributed by atoms with Gasteiger partial charge in [-0.15, -0.1) is 0 Å². The van der Waals surface area contributed by atoms with Crippen LogP contribution in [0.1, 0.15) is 40.5 Å². The summed E-state index contributed by atoms with van der Waals surface area (Å²) < 4.78 is 0. The molecule has 0 saturated heterocycles. The zero-order valence-corrected chi connectivity index (χ0v) is 8.32. The Morgan fingerprint density at radius 2 is 1.75 bits per heavy atom. The van der Waals surface area contributed by atoms with Gasteiger partial charge in [-0.05, 0) is 18.3 Å². The minimum Gasteiger partial charge on any atom is -0.302 e. The number of carbonyl (C=O) groups is 1. The van der Waals surface area contributed by atoms with E-state index >= 15 is 0 Å². The third kappa shape index (κ3) is 1.57. The highest BCUT2D eigenvalue weighted by molar-refractivity contribution is 6.41. The Kier molecular flexibility index (Phi) is 1.89. The van der Waals surface area contributed by atoms with E-state index in [-0.39, 0.29) is 16.6 Å². The average molecular weight is 167 g/mol. The molecule has 0 unspecified atom stereocenters. The summed E-state index contributed by atoms with van der Waals surface area (Å²) >= 11 is 0. The standard InChI is InChI=1S/C10H17NO/c1-9(2)5-7(11)8(12)10(3,4)6-9/h11H,5-6H2,1-4H3. The molecule has 1 N–H and O–H groups in total. The molecule has 1 saturated carbocycles. The van der Waals surface area contributed by atoms with Crippen molar-refractivity contribution in [3.05, 3.63) is 0 Å². The minimum atomic E-state index is -0.321. The second kappa shape index (κ2) is 2.41. The largest absolute Gasteiger partial charge is 0.302 e. The van der Waals surface area contributed by atoms with Crippen LogP contribution in [-0.4, -0.2) is 11.5 Å². The molecule has 0 atom stereocenters. The fraction of sp³-hybridized carbons (Fsp3) is 0.800. The van der Waals surface area contributed by atoms with Gasteiger partial charge >= 0.3 is 0 Å². The van der Waals surface area contributed by atoms with Crippen LogP contribution in [0.3, 0.4) is 0 Å². The van der Waals surface area contributed by atoms with E-state index in [4.69, 9.17) is 5.41 Å². The molecule has 0 bridgehead atoms. The molecule has 0 spiro atoms. The Bertz CT molecular complexity index is 238. The van der Waals surface area contributed by atoms with Gasteiger partial charge in [-0.2, -0.15) is 0 Å². The monoisotopic (exact) mass is 167 g/mol. The van der Waals surface area contributed by atoms with Crippen LogP contribution in [0.4, 0.5) is 0 Å². The zero-order chi connectivity index (χ0) is 9.57. The molecule has 0 radical (unpaired) electrons. The lowest BCUT2D eigenvalue weighted by Gasteiger charge is -2.39. The van der Waals surface area contributed by atoms with Crippen molar-refractivity contribution in [3.63, 3.8) is 0 Å². The van der Waals surface area contributed by atoms with Crippen LogP contribution in [0.5, 0.6) is 0 Å². The van der Waals surface area contributed by atoms with Crippen LogP contribution in [-0.2, 0) is 4.79 Å². The molecule has 68 valence electrons. The number of rotatable bonds is 0. The molecule has 0 aromatic heterocycles. The number of Topliss-reactive ketones (excluding diaryl/α,β-unsaturated/α-hetero) is 1. The first-order chi connectivity index (χ1) is 5.25. The van der Waals surface area contributed by atoms with E-state index < -0.39 is 0 Å². The highest BCUT2D eigenvalue weighted by atomic mass is 16.1. The fourth-order valence-corrected chi connectivity index (χ4v) is 2.31. The van der Waals surface area contributed by atoms with Crippen molar-refractivity contribution < 1.29 is 4.79 Å². The van der Waals surface area contributed by atoms with E-state index in [2.05, 4.69) is 13.8 Å². The summed E-state index contributed by atoms with van der Waals surface area (Å²) in [7, 11) is 0. The van der Waals surface area contributed by atoms with E-state index in [1.807, 2.05) is 13.8 Å². The smallest absolute Gasteiger partial charge is 0.181 e. The first-order valence-electron chi connectivity index (χ1n) is 4.37. The molecule has 0 aromatic rings. The number of nitrogens with one attached hydrogen (secondary N) is 1. The summed E-state index contributed by atoms with van der Waals surface area (Å²) in [5.74, 6) is 0.0295. The second-order valence-corrected chi connectivity index (χ2v) is 5.21. The van der Waals surface area contributed by atoms with Crippen LogP contribution in [0, 0.1) is 16.2 Å². The van der Waals surface area contributed by atoms with Crippen molar-refractivity contribution in [2.75, 3.05) is 0 Å². The topological polar surface area (TPSA) is 40.9 Å². The SMILES string of the molecule is CC1(C)CC(=N)C(=O)C(C)(C)C1. The molecular formula is C10H17NO. The molecule has 2 nitrogen and oxygen atoms in total. The third-order valence-corrected chi connectivity index (χ3v) is 2.46. The Morgan fingerprint density at radius 1 is 1.25 bits per heavy atom. The van der Waals surface area contributed by atoms with Crippen molar-refractivity contribution >= 4 is 11.5 Å². The van der Waals surface area contributed by atoms with Gasteiger partial charge in [-0.25, -0.2) is 0 Å². The normalized spacial score (nSPS) is 27.3. The second-order valence-electron chi connectivity index (χ2n) is 5.21. The maximum absolute atomic E-state index is 11.5. The Balaban J connectivity index is 2.95. The van der Waals surface area contributed by atoms with Crippen molar-refractivity contribution in [2.45, 2.75) is 40.5 Å². The molecule has 1 aliphatic carbocycles. The van der Waals surface area contributed by atoms with Crippen LogP contribution < -0.4 is 0 Å². The molecule has 12 heavy (non-hydrogen) atoms. The quantitative estimate of drug-likeness (QED) is 0.591. The maximum atomic E-state index is 11.5. The van der Waals surface area contributed by atoms with Gasteiger partial charge in [-0.1, -0.05) is 27.7 Å². The summed E-state index contributed by atoms with van der Waals surface area (Å²) in [4.78, 5) is 11.5. The van der Waals surface area contributed by atoms with Gasteiger partial charge in [0.1, 0.15) is 0 Å². The van der Waals surface area contributed by atoms with Gasteiger partial charge in [0.05, 0.1) is 5.71 Å². The van der Waals surface area contributed by atoms with E-state index in [9.17, 15) is 4.79 Å². The predicted octanol–water partition coefficient (Wildman–Crippen LogP) is 2.42. The first-order valence-corrected chi connectivity index (χ1v) is 4.37. The summed E-state index contributed by atoms with van der Waals surface area (Å²) in [5.41, 5.74) is 0.101. The average Bonchev–Trinajstić information content (AvgIpc) is 1.79. The Morgan fingerprint density at radius 3 is 2.17 bits per heavy atom. The molecule has 1 fully saturated rings. The molecule has 0 heterocycles. The number of hydrogen-bond acceptors (Lipinski definition) is 2. The van der Waals surface area contributed by atoms with Gasteiger partial charge in [0, 0.05) is 5.41 Å². The number of ketones is 1. The summed E-state index contributed by atoms with van der Waals surface area (Å²) in [5, 5.41) is 7.56. The van der Waals surface area contributed by atoms with Gasteiger partial charge in [0.15, 0.2) is 5.78 Å². The van der Waals surface area contributed by atoms with Crippen LogP contribution >= 0.6 is 0 Å². The van der Waals surface area contributed by atoms with Crippen LogP contribution in [0.25, 0.3) is 0 Å². The van der Waals surface area contributed by atoms with Crippen LogP contribution in [0.2, 0.25) is 0 Å². The van der Waals surface area contributed by atoms with E-state index in [1.54, 1.807) is 0 Å². The Labute approximate surface area is 73.9 Å². The number of hydrogen-bond donors (Lipinski definition) is 1. The molecule has 1 aliphatic rings. The van der Waals surface area contributed by atoms with Gasteiger partial charge in [0.25, 0.3) is 0 Å². The predicted molar refractivity (Wildman–Crippen MR) is 49.5 cm³/mol. The third-order valence-electron chi connectivity index (χ3n) is 2.46. The molecule has 0 aromatic carbocycles. The molecule has 2 heteroatoms. The zero-order valence-electron chi connectivity index (χ0n) is 8.32. The van der Waals surface area contributed by atoms with E-state index in [0.717, 1.165) is 6.42 Å². The molecule has 0 aliphatic heterocycles. The van der Waals surface area contributed by atoms with Gasteiger partial charge < -0.3 is 5.41 Å². The van der Waals surface area contributed by atoms with Gasteiger partial charge in [0.2, 0.25) is 0 Å². The van der Waals surface area contributed by atoms with Crippen molar-refractivity contribution in [2.24, 2.45) is 10.8 Å². The molecular weight excluding hydrogens is 150 g/mol. The summed E-state index contributed by atoms with van der Waals surface area (Å²) in [6.07, 6.45) is 1.52. The molecule has 1 rings (SSSR count). The van der Waals surface area contributed by atoms with Crippen molar-refractivity contribution in [1.82, 2.24) is 0 Å². The number of carbonyl (C=O) groups excluding carboxylic acids is 1.